The summed E-state index contributed by atoms with van der Waals surface area (Å²) in [5.41, 5.74) is 2.24. The maximum Gasteiger partial charge on any atom is 0.270 e. The first-order valence-corrected chi connectivity index (χ1v) is 10.5. The van der Waals surface area contributed by atoms with Gasteiger partial charge in [0.25, 0.3) is 5.91 Å². The van der Waals surface area contributed by atoms with Crippen LogP contribution in [0.5, 0.6) is 0 Å². The van der Waals surface area contributed by atoms with E-state index in [0.717, 1.165) is 37.0 Å². The van der Waals surface area contributed by atoms with Crippen molar-refractivity contribution in [2.75, 3.05) is 32.1 Å². The maximum absolute atomic E-state index is 13.0. The standard InChI is InChI=1S/C18H20BrN3OS2.ClH/c1-4-12-5-6-13-15(11-12)25-18(20-13)22(10-9-21(2)3)17(23)14-7-8-16(19)24-14;/h5-8,11H,4,9-10H2,1-3H3;1H. The first-order valence-electron chi connectivity index (χ1n) is 8.09. The third kappa shape index (κ3) is 4.84. The summed E-state index contributed by atoms with van der Waals surface area (Å²) >= 11 is 6.48. The van der Waals surface area contributed by atoms with Crippen LogP contribution < -0.4 is 4.90 Å². The highest BCUT2D eigenvalue weighted by Gasteiger charge is 2.22. The summed E-state index contributed by atoms with van der Waals surface area (Å²) in [6, 6.07) is 10.1. The van der Waals surface area contributed by atoms with Gasteiger partial charge in [-0.15, -0.1) is 23.7 Å². The number of aryl methyl sites for hydroxylation is 1. The van der Waals surface area contributed by atoms with E-state index in [9.17, 15) is 4.79 Å². The quantitative estimate of drug-likeness (QED) is 0.485. The van der Waals surface area contributed by atoms with Crippen LogP contribution >= 0.6 is 51.0 Å². The number of fused-ring (bicyclic) bond motifs is 1. The van der Waals surface area contributed by atoms with Gasteiger partial charge in [0.1, 0.15) is 0 Å². The van der Waals surface area contributed by atoms with E-state index >= 15 is 0 Å². The minimum atomic E-state index is 0. The van der Waals surface area contributed by atoms with Gasteiger partial charge in [-0.1, -0.05) is 24.3 Å². The number of hydrogen-bond acceptors (Lipinski definition) is 5. The molecule has 0 saturated carbocycles. The maximum atomic E-state index is 13.0. The highest BCUT2D eigenvalue weighted by Crippen LogP contribution is 2.32. The van der Waals surface area contributed by atoms with Gasteiger partial charge in [0, 0.05) is 13.1 Å². The van der Waals surface area contributed by atoms with Crippen LogP contribution in [0.2, 0.25) is 0 Å². The van der Waals surface area contributed by atoms with Crippen LogP contribution in [0.4, 0.5) is 5.13 Å². The zero-order valence-electron chi connectivity index (χ0n) is 14.9. The van der Waals surface area contributed by atoms with E-state index in [2.05, 4.69) is 39.9 Å². The van der Waals surface area contributed by atoms with Crippen LogP contribution in [0.25, 0.3) is 10.2 Å². The second-order valence-corrected chi connectivity index (χ2v) is 9.49. The average molecular weight is 475 g/mol. The van der Waals surface area contributed by atoms with Crippen molar-refractivity contribution in [1.82, 2.24) is 9.88 Å². The Hall–Kier alpha value is -0.990. The molecule has 26 heavy (non-hydrogen) atoms. The molecular formula is C18H21BrClN3OS2. The molecule has 140 valence electrons. The zero-order valence-corrected chi connectivity index (χ0v) is 18.9. The van der Waals surface area contributed by atoms with Gasteiger partial charge in [-0.2, -0.15) is 0 Å². The molecule has 0 saturated heterocycles. The van der Waals surface area contributed by atoms with Gasteiger partial charge in [-0.3, -0.25) is 9.69 Å². The Balaban J connectivity index is 0.00000243. The fraction of sp³-hybridized carbons (Fsp3) is 0.333. The van der Waals surface area contributed by atoms with Crippen molar-refractivity contribution in [3.63, 3.8) is 0 Å². The summed E-state index contributed by atoms with van der Waals surface area (Å²) in [5, 5.41) is 0.764. The van der Waals surface area contributed by atoms with Gasteiger partial charge in [-0.25, -0.2) is 4.98 Å². The average Bonchev–Trinajstić information content (AvgIpc) is 3.19. The van der Waals surface area contributed by atoms with Crippen LogP contribution in [0.15, 0.2) is 34.1 Å². The molecule has 0 radical (unpaired) electrons. The van der Waals surface area contributed by atoms with Gasteiger partial charge < -0.3 is 4.90 Å². The van der Waals surface area contributed by atoms with Crippen molar-refractivity contribution in [2.45, 2.75) is 13.3 Å². The number of aromatic nitrogens is 1. The van der Waals surface area contributed by atoms with Gasteiger partial charge in [0.05, 0.1) is 18.9 Å². The molecule has 2 heterocycles. The fourth-order valence-corrected chi connectivity index (χ4v) is 4.83. The third-order valence-corrected chi connectivity index (χ3v) is 6.53. The van der Waals surface area contributed by atoms with E-state index in [-0.39, 0.29) is 18.3 Å². The van der Waals surface area contributed by atoms with E-state index in [0.29, 0.717) is 6.54 Å². The zero-order chi connectivity index (χ0) is 18.0. The molecule has 2 aromatic heterocycles. The van der Waals surface area contributed by atoms with Gasteiger partial charge in [0.2, 0.25) is 0 Å². The topological polar surface area (TPSA) is 36.4 Å². The van der Waals surface area contributed by atoms with Gasteiger partial charge in [0.15, 0.2) is 5.13 Å². The monoisotopic (exact) mass is 473 g/mol. The number of thiazole rings is 1. The van der Waals surface area contributed by atoms with Crippen molar-refractivity contribution in [3.05, 3.63) is 44.6 Å². The number of hydrogen-bond donors (Lipinski definition) is 0. The highest BCUT2D eigenvalue weighted by atomic mass is 79.9. The van der Waals surface area contributed by atoms with Gasteiger partial charge >= 0.3 is 0 Å². The van der Waals surface area contributed by atoms with Crippen molar-refractivity contribution < 1.29 is 4.79 Å². The number of anilines is 1. The molecule has 0 spiro atoms. The summed E-state index contributed by atoms with van der Waals surface area (Å²) in [6.45, 7) is 3.54. The summed E-state index contributed by atoms with van der Waals surface area (Å²) in [6.07, 6.45) is 0.996. The Morgan fingerprint density at radius 3 is 2.54 bits per heavy atom. The number of rotatable bonds is 6. The number of amides is 1. The molecule has 0 fully saturated rings. The lowest BCUT2D eigenvalue weighted by Gasteiger charge is -2.21. The van der Waals surface area contributed by atoms with E-state index in [4.69, 9.17) is 4.98 Å². The molecule has 0 aliphatic carbocycles. The molecular weight excluding hydrogens is 454 g/mol. The summed E-state index contributed by atoms with van der Waals surface area (Å²) in [4.78, 5) is 22.4. The summed E-state index contributed by atoms with van der Waals surface area (Å²) < 4.78 is 2.09. The third-order valence-electron chi connectivity index (χ3n) is 3.88. The summed E-state index contributed by atoms with van der Waals surface area (Å²) in [5.74, 6) is 0.00678. The van der Waals surface area contributed by atoms with E-state index in [1.54, 1.807) is 16.2 Å². The molecule has 0 bridgehead atoms. The number of benzene rings is 1. The first-order chi connectivity index (χ1) is 12.0. The molecule has 0 unspecified atom stereocenters. The van der Waals surface area contributed by atoms with Gasteiger partial charge in [-0.05, 0) is 66.3 Å². The minimum Gasteiger partial charge on any atom is -0.308 e. The Morgan fingerprint density at radius 1 is 1.15 bits per heavy atom. The predicted molar refractivity (Wildman–Crippen MR) is 118 cm³/mol. The van der Waals surface area contributed by atoms with Crippen molar-refractivity contribution >= 4 is 72.3 Å². The predicted octanol–water partition coefficient (Wildman–Crippen LogP) is 5.31. The van der Waals surface area contributed by atoms with Crippen molar-refractivity contribution in [2.24, 2.45) is 0 Å². The second-order valence-electron chi connectivity index (χ2n) is 6.02. The first kappa shape index (κ1) is 21.3. The Kier molecular flexibility index (Phi) is 7.61. The minimum absolute atomic E-state index is 0. The molecule has 1 amide bonds. The molecule has 0 atom stereocenters. The van der Waals surface area contributed by atoms with Crippen LogP contribution in [0, 0.1) is 0 Å². The lowest BCUT2D eigenvalue weighted by molar-refractivity contribution is 0.0989. The summed E-state index contributed by atoms with van der Waals surface area (Å²) in [7, 11) is 4.02. The van der Waals surface area contributed by atoms with Crippen LogP contribution in [-0.2, 0) is 6.42 Å². The number of carbonyl (C=O) groups is 1. The van der Waals surface area contributed by atoms with E-state index < -0.39 is 0 Å². The van der Waals surface area contributed by atoms with Crippen LogP contribution in [0.3, 0.4) is 0 Å². The van der Waals surface area contributed by atoms with E-state index in [1.165, 1.54) is 16.9 Å². The largest absolute Gasteiger partial charge is 0.308 e. The number of nitrogens with zero attached hydrogens (tertiary/aromatic N) is 3. The highest BCUT2D eigenvalue weighted by molar-refractivity contribution is 9.11. The number of halogens is 2. The molecule has 0 N–H and O–H groups in total. The molecule has 0 aliphatic rings. The van der Waals surface area contributed by atoms with Crippen LogP contribution in [0.1, 0.15) is 22.2 Å². The lowest BCUT2D eigenvalue weighted by Crippen LogP contribution is -2.36. The Bertz CT molecular complexity index is 894. The molecule has 1 aromatic carbocycles. The van der Waals surface area contributed by atoms with Crippen molar-refractivity contribution in [1.29, 1.82) is 0 Å². The molecule has 3 aromatic rings. The molecule has 8 heteroatoms. The number of carbonyl (C=O) groups excluding carboxylic acids is 1. The second kappa shape index (κ2) is 9.28. The normalized spacial score (nSPS) is 11.0. The van der Waals surface area contributed by atoms with Crippen LogP contribution in [-0.4, -0.2) is 43.0 Å². The molecule has 3 rings (SSSR count). The van der Waals surface area contributed by atoms with Crippen molar-refractivity contribution in [3.8, 4) is 0 Å². The smallest absolute Gasteiger partial charge is 0.270 e. The fourth-order valence-electron chi connectivity index (χ4n) is 2.44. The number of likely N-dealkylation sites (N-methyl/N-ethyl adjacent to an activating group) is 1. The molecule has 4 nitrogen and oxygen atoms in total. The Morgan fingerprint density at radius 2 is 1.92 bits per heavy atom. The SMILES string of the molecule is CCc1ccc2nc(N(CCN(C)C)C(=O)c3ccc(Br)s3)sc2c1.Cl. The molecule has 0 aliphatic heterocycles. The lowest BCUT2D eigenvalue weighted by atomic mass is 10.2. The Labute approximate surface area is 176 Å². The van der Waals surface area contributed by atoms with E-state index in [1.807, 2.05) is 32.3 Å². The number of thiophene rings is 1.